The van der Waals surface area contributed by atoms with Crippen molar-refractivity contribution in [2.45, 2.75) is 39.7 Å². The first-order valence-corrected chi connectivity index (χ1v) is 10.4. The number of nitrogens with one attached hydrogen (secondary N) is 1. The predicted octanol–water partition coefficient (Wildman–Crippen LogP) is 3.88. The van der Waals surface area contributed by atoms with Gasteiger partial charge in [0.15, 0.2) is 0 Å². The molecule has 3 rings (SSSR count). The molecular weight excluding hydrogens is 378 g/mol. The molecule has 0 aliphatic rings. The highest BCUT2D eigenvalue weighted by molar-refractivity contribution is 5.84. The first-order valence-electron chi connectivity index (χ1n) is 10.4. The third-order valence-corrected chi connectivity index (χ3v) is 5.16. The van der Waals surface area contributed by atoms with Gasteiger partial charge in [-0.1, -0.05) is 38.1 Å². The summed E-state index contributed by atoms with van der Waals surface area (Å²) >= 11 is 0. The predicted molar refractivity (Wildman–Crippen MR) is 117 cm³/mol. The van der Waals surface area contributed by atoms with Crippen molar-refractivity contribution in [3.63, 3.8) is 0 Å². The molecule has 6 nitrogen and oxygen atoms in total. The molecule has 2 aromatic heterocycles. The summed E-state index contributed by atoms with van der Waals surface area (Å²) in [6, 6.07) is 12.0. The number of aromatic nitrogens is 2. The second-order valence-electron chi connectivity index (χ2n) is 8.13. The Bertz CT molecular complexity index is 995. The number of carbonyl (C=O) groups excluding carboxylic acids is 1. The van der Waals surface area contributed by atoms with E-state index in [9.17, 15) is 14.7 Å². The van der Waals surface area contributed by atoms with E-state index in [4.69, 9.17) is 0 Å². The van der Waals surface area contributed by atoms with Gasteiger partial charge < -0.3 is 15.0 Å². The number of rotatable bonds is 10. The molecule has 3 aromatic rings. The molecule has 0 radical (unpaired) electrons. The van der Waals surface area contributed by atoms with Gasteiger partial charge in [-0.25, -0.2) is 0 Å². The number of hydrogen-bond donors (Lipinski definition) is 2. The largest absolute Gasteiger partial charge is 0.481 e. The molecule has 0 bridgehead atoms. The Labute approximate surface area is 176 Å². The average Bonchev–Trinajstić information content (AvgIpc) is 3.05. The third kappa shape index (κ3) is 5.69. The molecule has 1 aromatic carbocycles. The molecule has 0 aliphatic carbocycles. The monoisotopic (exact) mass is 407 g/mol. The molecule has 2 N–H and O–H groups in total. The van der Waals surface area contributed by atoms with Gasteiger partial charge in [0.25, 0.3) is 0 Å². The number of para-hydroxylation sites is 1. The van der Waals surface area contributed by atoms with Crippen molar-refractivity contribution >= 4 is 22.8 Å². The zero-order valence-corrected chi connectivity index (χ0v) is 17.5. The molecule has 0 spiro atoms. The van der Waals surface area contributed by atoms with Crippen LogP contribution in [0.4, 0.5) is 0 Å². The molecule has 158 valence electrons. The van der Waals surface area contributed by atoms with Crippen molar-refractivity contribution < 1.29 is 14.7 Å². The van der Waals surface area contributed by atoms with Crippen molar-refractivity contribution in [2.75, 3.05) is 6.54 Å². The first-order chi connectivity index (χ1) is 14.4. The Hall–Kier alpha value is -3.15. The summed E-state index contributed by atoms with van der Waals surface area (Å²) in [5.41, 5.74) is 3.28. The number of amides is 1. The maximum absolute atomic E-state index is 11.9. The number of carboxylic acids is 1. The van der Waals surface area contributed by atoms with E-state index >= 15 is 0 Å². The van der Waals surface area contributed by atoms with Crippen LogP contribution in [0.1, 0.15) is 37.8 Å². The van der Waals surface area contributed by atoms with Crippen LogP contribution in [-0.4, -0.2) is 33.1 Å². The van der Waals surface area contributed by atoms with Crippen LogP contribution in [0.5, 0.6) is 0 Å². The lowest BCUT2D eigenvalue weighted by molar-refractivity contribution is -0.142. The highest BCUT2D eigenvalue weighted by atomic mass is 16.4. The lowest BCUT2D eigenvalue weighted by Gasteiger charge is -2.15. The van der Waals surface area contributed by atoms with Gasteiger partial charge in [-0.05, 0) is 35.6 Å². The molecule has 1 atom stereocenters. The molecule has 6 heteroatoms. The van der Waals surface area contributed by atoms with E-state index in [2.05, 4.69) is 16.4 Å². The summed E-state index contributed by atoms with van der Waals surface area (Å²) in [5.74, 6) is -1.17. The Morgan fingerprint density at radius 2 is 1.97 bits per heavy atom. The minimum atomic E-state index is -0.848. The summed E-state index contributed by atoms with van der Waals surface area (Å²) in [4.78, 5) is 27.9. The summed E-state index contributed by atoms with van der Waals surface area (Å²) < 4.78 is 2.02. The quantitative estimate of drug-likeness (QED) is 0.534. The normalized spacial score (nSPS) is 12.2. The molecule has 0 saturated carbocycles. The fraction of sp³-hybridized carbons (Fsp3) is 0.375. The molecule has 2 heterocycles. The van der Waals surface area contributed by atoms with Crippen LogP contribution < -0.4 is 5.32 Å². The van der Waals surface area contributed by atoms with Gasteiger partial charge in [-0.15, -0.1) is 0 Å². The number of nitrogens with zero attached hydrogens (tertiary/aromatic N) is 2. The van der Waals surface area contributed by atoms with Crippen LogP contribution >= 0.6 is 0 Å². The number of aliphatic carboxylic acids is 1. The van der Waals surface area contributed by atoms with Gasteiger partial charge in [0, 0.05) is 55.4 Å². The molecule has 0 saturated heterocycles. The van der Waals surface area contributed by atoms with E-state index in [-0.39, 0.29) is 11.8 Å². The highest BCUT2D eigenvalue weighted by Gasteiger charge is 2.20. The molecule has 0 fully saturated rings. The van der Waals surface area contributed by atoms with Gasteiger partial charge >= 0.3 is 5.97 Å². The maximum Gasteiger partial charge on any atom is 0.308 e. The molecule has 0 aliphatic heterocycles. The van der Waals surface area contributed by atoms with Crippen molar-refractivity contribution in [3.05, 3.63) is 66.1 Å². The number of carboxylic acid groups (broad SMARTS) is 1. The van der Waals surface area contributed by atoms with E-state index < -0.39 is 11.9 Å². The van der Waals surface area contributed by atoms with Crippen LogP contribution in [0.25, 0.3) is 10.9 Å². The highest BCUT2D eigenvalue weighted by Crippen LogP contribution is 2.25. The molecule has 1 amide bonds. The number of fused-ring (bicyclic) bond motifs is 1. The van der Waals surface area contributed by atoms with Gasteiger partial charge in [-0.3, -0.25) is 14.6 Å². The summed E-state index contributed by atoms with van der Waals surface area (Å²) in [6.07, 6.45) is 7.24. The van der Waals surface area contributed by atoms with E-state index in [0.717, 1.165) is 28.5 Å². The zero-order chi connectivity index (χ0) is 21.5. The fourth-order valence-electron chi connectivity index (χ4n) is 3.70. The van der Waals surface area contributed by atoms with Crippen molar-refractivity contribution in [1.82, 2.24) is 14.9 Å². The van der Waals surface area contributed by atoms with Gasteiger partial charge in [0.05, 0.1) is 5.92 Å². The van der Waals surface area contributed by atoms with Gasteiger partial charge in [0.2, 0.25) is 5.91 Å². The Balaban J connectivity index is 1.74. The lowest BCUT2D eigenvalue weighted by Crippen LogP contribution is -2.30. The SMILES string of the molecule is CC(C)CC(=O)NCCC(Cn1cc(Cc2cccnc2)c2ccccc21)C(=O)O. The number of hydrogen-bond acceptors (Lipinski definition) is 3. The van der Waals surface area contributed by atoms with Crippen LogP contribution in [-0.2, 0) is 22.6 Å². The minimum absolute atomic E-state index is 0.0284. The minimum Gasteiger partial charge on any atom is -0.481 e. The fourth-order valence-corrected chi connectivity index (χ4v) is 3.70. The Kier molecular flexibility index (Phi) is 7.22. The van der Waals surface area contributed by atoms with Crippen molar-refractivity contribution in [1.29, 1.82) is 0 Å². The molecule has 30 heavy (non-hydrogen) atoms. The van der Waals surface area contributed by atoms with E-state index in [0.29, 0.717) is 25.9 Å². The molecular formula is C24H29N3O3. The summed E-state index contributed by atoms with van der Waals surface area (Å²) in [7, 11) is 0. The number of carbonyl (C=O) groups is 2. The second kappa shape index (κ2) is 10.1. The topological polar surface area (TPSA) is 84.2 Å². The second-order valence-corrected chi connectivity index (χ2v) is 8.13. The number of benzene rings is 1. The van der Waals surface area contributed by atoms with Crippen molar-refractivity contribution in [3.8, 4) is 0 Å². The van der Waals surface area contributed by atoms with Crippen LogP contribution in [0, 0.1) is 11.8 Å². The van der Waals surface area contributed by atoms with Crippen LogP contribution in [0.15, 0.2) is 55.0 Å². The standard InChI is InChI=1S/C24H29N3O3/c1-17(2)12-23(28)26-11-9-19(24(29)30)15-27-16-20(13-18-6-5-10-25-14-18)21-7-3-4-8-22(21)27/h3-8,10,14,16-17,19H,9,11-13,15H2,1-2H3,(H,26,28)(H,29,30). The Morgan fingerprint density at radius 3 is 2.67 bits per heavy atom. The third-order valence-electron chi connectivity index (χ3n) is 5.16. The van der Waals surface area contributed by atoms with E-state index in [1.807, 2.05) is 61.1 Å². The Morgan fingerprint density at radius 1 is 1.17 bits per heavy atom. The lowest BCUT2D eigenvalue weighted by atomic mass is 10.1. The maximum atomic E-state index is 11.9. The van der Waals surface area contributed by atoms with E-state index in [1.165, 1.54) is 0 Å². The van der Waals surface area contributed by atoms with Gasteiger partial charge in [-0.2, -0.15) is 0 Å². The summed E-state index contributed by atoms with van der Waals surface area (Å²) in [6.45, 7) is 4.70. The van der Waals surface area contributed by atoms with Crippen LogP contribution in [0.3, 0.4) is 0 Å². The van der Waals surface area contributed by atoms with E-state index in [1.54, 1.807) is 6.20 Å². The number of pyridine rings is 1. The zero-order valence-electron chi connectivity index (χ0n) is 17.5. The average molecular weight is 408 g/mol. The molecule has 1 unspecified atom stereocenters. The van der Waals surface area contributed by atoms with Crippen LogP contribution in [0.2, 0.25) is 0 Å². The van der Waals surface area contributed by atoms with Crippen molar-refractivity contribution in [2.24, 2.45) is 11.8 Å². The smallest absolute Gasteiger partial charge is 0.308 e. The van der Waals surface area contributed by atoms with Gasteiger partial charge in [0.1, 0.15) is 0 Å². The summed E-state index contributed by atoms with van der Waals surface area (Å²) in [5, 5.41) is 13.7. The first kappa shape index (κ1) is 21.6.